The third-order valence-electron chi connectivity index (χ3n) is 3.48. The van der Waals surface area contributed by atoms with E-state index in [2.05, 4.69) is 13.5 Å². The van der Waals surface area contributed by atoms with E-state index in [9.17, 15) is 4.79 Å². The summed E-state index contributed by atoms with van der Waals surface area (Å²) in [5, 5.41) is 0. The molecule has 0 unspecified atom stereocenters. The molecule has 0 aromatic rings. The van der Waals surface area contributed by atoms with E-state index in [1.807, 2.05) is 11.8 Å². The summed E-state index contributed by atoms with van der Waals surface area (Å²) in [5.41, 5.74) is 0. The minimum Gasteiger partial charge on any atom is -0.380 e. The summed E-state index contributed by atoms with van der Waals surface area (Å²) in [6.07, 6.45) is 11.7. The van der Waals surface area contributed by atoms with Gasteiger partial charge in [0.1, 0.15) is 0 Å². The van der Waals surface area contributed by atoms with Crippen LogP contribution in [0, 0.1) is 0 Å². The van der Waals surface area contributed by atoms with Gasteiger partial charge >= 0.3 is 0 Å². The second-order valence-electron chi connectivity index (χ2n) is 5.20. The molecule has 0 aliphatic rings. The molecule has 20 heavy (non-hydrogen) atoms. The van der Waals surface area contributed by atoms with Gasteiger partial charge in [-0.3, -0.25) is 4.79 Å². The third-order valence-corrected chi connectivity index (χ3v) is 3.48. The van der Waals surface area contributed by atoms with E-state index in [4.69, 9.17) is 4.74 Å². The molecule has 0 aromatic heterocycles. The van der Waals surface area contributed by atoms with E-state index in [1.165, 1.54) is 51.0 Å². The average Bonchev–Trinajstić information content (AvgIpc) is 2.47. The molecule has 1 amide bonds. The first kappa shape index (κ1) is 19.2. The molecule has 0 N–H and O–H groups in total. The molecule has 3 nitrogen and oxygen atoms in total. The van der Waals surface area contributed by atoms with Gasteiger partial charge in [0.05, 0.1) is 6.61 Å². The summed E-state index contributed by atoms with van der Waals surface area (Å²) >= 11 is 0. The number of carbonyl (C=O) groups excluding carboxylic acids is 1. The summed E-state index contributed by atoms with van der Waals surface area (Å²) in [4.78, 5) is 13.5. The molecule has 0 rings (SSSR count). The lowest BCUT2D eigenvalue weighted by atomic mass is 10.1. The van der Waals surface area contributed by atoms with Crippen LogP contribution in [0.2, 0.25) is 0 Å². The zero-order chi connectivity index (χ0) is 15.1. The van der Waals surface area contributed by atoms with Crippen molar-refractivity contribution in [1.82, 2.24) is 4.90 Å². The van der Waals surface area contributed by atoms with Gasteiger partial charge in [-0.2, -0.15) is 0 Å². The summed E-state index contributed by atoms with van der Waals surface area (Å²) in [7, 11) is 0. The summed E-state index contributed by atoms with van der Waals surface area (Å²) in [5.74, 6) is 0.0210. The van der Waals surface area contributed by atoms with Crippen molar-refractivity contribution in [3.05, 3.63) is 12.7 Å². The highest BCUT2D eigenvalue weighted by molar-refractivity contribution is 5.86. The van der Waals surface area contributed by atoms with Gasteiger partial charge in [0.2, 0.25) is 5.91 Å². The Labute approximate surface area is 125 Å². The topological polar surface area (TPSA) is 29.5 Å². The second kappa shape index (κ2) is 14.6. The molecule has 0 aliphatic heterocycles. The number of unbranched alkanes of at least 4 members (excludes halogenated alkanes) is 7. The molecule has 0 atom stereocenters. The fourth-order valence-electron chi connectivity index (χ4n) is 2.22. The zero-order valence-corrected chi connectivity index (χ0v) is 13.5. The fourth-order valence-corrected chi connectivity index (χ4v) is 2.22. The van der Waals surface area contributed by atoms with Crippen molar-refractivity contribution in [2.45, 2.75) is 65.2 Å². The molecule has 0 aliphatic carbocycles. The van der Waals surface area contributed by atoms with Gasteiger partial charge in [-0.1, -0.05) is 58.4 Å². The van der Waals surface area contributed by atoms with Crippen molar-refractivity contribution in [2.75, 3.05) is 26.3 Å². The second-order valence-corrected chi connectivity index (χ2v) is 5.20. The molecule has 0 aromatic carbocycles. The van der Waals surface area contributed by atoms with Gasteiger partial charge < -0.3 is 9.64 Å². The Kier molecular flexibility index (Phi) is 14.0. The molecule has 0 saturated carbocycles. The monoisotopic (exact) mass is 283 g/mol. The van der Waals surface area contributed by atoms with Crippen molar-refractivity contribution in [3.63, 3.8) is 0 Å². The number of hydrogen-bond acceptors (Lipinski definition) is 2. The van der Waals surface area contributed by atoms with E-state index in [0.29, 0.717) is 19.8 Å². The van der Waals surface area contributed by atoms with E-state index in [-0.39, 0.29) is 5.91 Å². The number of hydrogen-bond donors (Lipinski definition) is 0. The Bertz CT molecular complexity index is 241. The van der Waals surface area contributed by atoms with Gasteiger partial charge in [0.25, 0.3) is 0 Å². The molecule has 0 fully saturated rings. The predicted octanol–water partition coefficient (Wildman–Crippen LogP) is 4.18. The molecular weight excluding hydrogens is 250 g/mol. The first-order valence-electron chi connectivity index (χ1n) is 8.25. The van der Waals surface area contributed by atoms with E-state index in [0.717, 1.165) is 13.0 Å². The van der Waals surface area contributed by atoms with E-state index in [1.54, 1.807) is 0 Å². The first-order chi connectivity index (χ1) is 9.76. The SMILES string of the molecule is C=CC(=O)N(CCCCCCCCCC)CCOCC. The van der Waals surface area contributed by atoms with E-state index < -0.39 is 0 Å². The maximum Gasteiger partial charge on any atom is 0.246 e. The molecule has 0 saturated heterocycles. The minimum absolute atomic E-state index is 0.0210. The summed E-state index contributed by atoms with van der Waals surface area (Å²) < 4.78 is 5.31. The van der Waals surface area contributed by atoms with Crippen LogP contribution in [0.4, 0.5) is 0 Å². The number of ether oxygens (including phenoxy) is 1. The van der Waals surface area contributed by atoms with Gasteiger partial charge in [-0.05, 0) is 19.4 Å². The van der Waals surface area contributed by atoms with Crippen LogP contribution in [0.5, 0.6) is 0 Å². The Hall–Kier alpha value is -0.830. The maximum atomic E-state index is 11.7. The van der Waals surface area contributed by atoms with Gasteiger partial charge in [0.15, 0.2) is 0 Å². The minimum atomic E-state index is 0.0210. The van der Waals surface area contributed by atoms with Crippen LogP contribution in [-0.4, -0.2) is 37.1 Å². The van der Waals surface area contributed by atoms with Crippen molar-refractivity contribution < 1.29 is 9.53 Å². The summed E-state index contributed by atoms with van der Waals surface area (Å²) in [6, 6.07) is 0. The molecule has 0 spiro atoms. The number of rotatable bonds is 14. The number of amides is 1. The van der Waals surface area contributed by atoms with Crippen molar-refractivity contribution in [1.29, 1.82) is 0 Å². The Balaban J connectivity index is 3.63. The molecule has 118 valence electrons. The molecule has 0 bridgehead atoms. The normalized spacial score (nSPS) is 10.5. The van der Waals surface area contributed by atoms with Gasteiger partial charge in [0, 0.05) is 19.7 Å². The lowest BCUT2D eigenvalue weighted by Gasteiger charge is -2.21. The van der Waals surface area contributed by atoms with Crippen LogP contribution in [0.15, 0.2) is 12.7 Å². The molecule has 0 heterocycles. The Morgan fingerprint density at radius 2 is 1.60 bits per heavy atom. The lowest BCUT2D eigenvalue weighted by molar-refractivity contribution is -0.126. The fraction of sp³-hybridized carbons (Fsp3) is 0.824. The number of nitrogens with zero attached hydrogens (tertiary/aromatic N) is 1. The molecular formula is C17H33NO2. The highest BCUT2D eigenvalue weighted by Gasteiger charge is 2.08. The van der Waals surface area contributed by atoms with E-state index >= 15 is 0 Å². The largest absolute Gasteiger partial charge is 0.380 e. The van der Waals surface area contributed by atoms with Crippen LogP contribution in [0.3, 0.4) is 0 Å². The quantitative estimate of drug-likeness (QED) is 0.353. The highest BCUT2D eigenvalue weighted by atomic mass is 16.5. The first-order valence-corrected chi connectivity index (χ1v) is 8.25. The van der Waals surface area contributed by atoms with Crippen molar-refractivity contribution in [3.8, 4) is 0 Å². The standard InChI is InChI=1S/C17H33NO2/c1-4-7-8-9-10-11-12-13-14-18(17(19)5-2)15-16-20-6-3/h5H,2,4,6-16H2,1,3H3. The third kappa shape index (κ3) is 11.0. The lowest BCUT2D eigenvalue weighted by Crippen LogP contribution is -2.33. The van der Waals surface area contributed by atoms with Crippen LogP contribution in [0.25, 0.3) is 0 Å². The van der Waals surface area contributed by atoms with Crippen LogP contribution < -0.4 is 0 Å². The van der Waals surface area contributed by atoms with Crippen molar-refractivity contribution in [2.24, 2.45) is 0 Å². The van der Waals surface area contributed by atoms with Crippen molar-refractivity contribution >= 4 is 5.91 Å². The zero-order valence-electron chi connectivity index (χ0n) is 13.5. The predicted molar refractivity (Wildman–Crippen MR) is 85.9 cm³/mol. The maximum absolute atomic E-state index is 11.7. The van der Waals surface area contributed by atoms with Crippen LogP contribution >= 0.6 is 0 Å². The number of carbonyl (C=O) groups is 1. The molecule has 3 heteroatoms. The molecule has 0 radical (unpaired) electrons. The average molecular weight is 283 g/mol. The summed E-state index contributed by atoms with van der Waals surface area (Å²) in [6.45, 7) is 10.6. The van der Waals surface area contributed by atoms with Crippen LogP contribution in [0.1, 0.15) is 65.2 Å². The Morgan fingerprint density at radius 3 is 2.15 bits per heavy atom. The van der Waals surface area contributed by atoms with Gasteiger partial charge in [-0.15, -0.1) is 0 Å². The Morgan fingerprint density at radius 1 is 1.00 bits per heavy atom. The van der Waals surface area contributed by atoms with Gasteiger partial charge in [-0.25, -0.2) is 0 Å². The highest BCUT2D eigenvalue weighted by Crippen LogP contribution is 2.09. The van der Waals surface area contributed by atoms with Crippen LogP contribution in [-0.2, 0) is 9.53 Å². The smallest absolute Gasteiger partial charge is 0.246 e.